The number of nitrogens with one attached hydrogen (secondary N) is 3. The van der Waals surface area contributed by atoms with Crippen molar-refractivity contribution < 1.29 is 29.1 Å². The molecule has 1 rings (SSSR count). The van der Waals surface area contributed by atoms with Crippen LogP contribution in [0.15, 0.2) is 30.3 Å². The van der Waals surface area contributed by atoms with Gasteiger partial charge in [0.2, 0.25) is 23.6 Å². The molecule has 37 heavy (non-hydrogen) atoms. The Kier molecular flexibility index (Phi) is 13.9. The first-order valence-electron chi connectivity index (χ1n) is 12.4. The van der Waals surface area contributed by atoms with Gasteiger partial charge >= 0.3 is 5.97 Å². The fraction of sp³-hybridized carbons (Fsp3) is 0.560. The van der Waals surface area contributed by atoms with Gasteiger partial charge in [0, 0.05) is 12.8 Å². The van der Waals surface area contributed by atoms with Crippen molar-refractivity contribution in [2.45, 2.75) is 76.5 Å². The van der Waals surface area contributed by atoms with Gasteiger partial charge in [-0.15, -0.1) is 0 Å². The van der Waals surface area contributed by atoms with Gasteiger partial charge in [-0.25, -0.2) is 4.79 Å². The average Bonchev–Trinajstić information content (AvgIpc) is 2.84. The first-order valence-corrected chi connectivity index (χ1v) is 12.4. The number of amides is 4. The Morgan fingerprint density at radius 1 is 0.865 bits per heavy atom. The molecular weight excluding hydrogens is 480 g/mol. The van der Waals surface area contributed by atoms with Gasteiger partial charge in [0.05, 0.1) is 6.04 Å². The maximum absolute atomic E-state index is 13.3. The highest BCUT2D eigenvalue weighted by Crippen LogP contribution is 2.09. The van der Waals surface area contributed by atoms with E-state index < -0.39 is 53.8 Å². The largest absolute Gasteiger partial charge is 0.480 e. The third kappa shape index (κ3) is 11.8. The summed E-state index contributed by atoms with van der Waals surface area (Å²) in [5.74, 6) is -4.09. The van der Waals surface area contributed by atoms with E-state index in [1.807, 2.05) is 6.07 Å². The normalized spacial score (nSPS) is 14.2. The molecule has 0 radical (unpaired) electrons. The molecule has 206 valence electrons. The second-order valence-corrected chi connectivity index (χ2v) is 9.28. The number of aliphatic carboxylic acids is 1. The topological polar surface area (TPSA) is 220 Å². The number of primary amides is 1. The fourth-order valence-corrected chi connectivity index (χ4v) is 3.57. The molecular formula is C25H40N6O6. The van der Waals surface area contributed by atoms with E-state index >= 15 is 0 Å². The highest BCUT2D eigenvalue weighted by molar-refractivity contribution is 5.94. The van der Waals surface area contributed by atoms with Crippen molar-refractivity contribution in [3.05, 3.63) is 35.9 Å². The quantitative estimate of drug-likeness (QED) is 0.128. The van der Waals surface area contributed by atoms with Gasteiger partial charge in [0.15, 0.2) is 0 Å². The fourth-order valence-electron chi connectivity index (χ4n) is 3.57. The van der Waals surface area contributed by atoms with Crippen LogP contribution in [-0.4, -0.2) is 65.4 Å². The van der Waals surface area contributed by atoms with E-state index in [0.29, 0.717) is 19.4 Å². The van der Waals surface area contributed by atoms with Crippen molar-refractivity contribution in [1.29, 1.82) is 0 Å². The lowest BCUT2D eigenvalue weighted by Gasteiger charge is -2.27. The molecule has 0 saturated carbocycles. The summed E-state index contributed by atoms with van der Waals surface area (Å²) in [4.78, 5) is 61.5. The van der Waals surface area contributed by atoms with Crippen LogP contribution < -0.4 is 33.2 Å². The Morgan fingerprint density at radius 2 is 1.49 bits per heavy atom. The molecule has 0 fully saturated rings. The number of benzene rings is 1. The van der Waals surface area contributed by atoms with Crippen molar-refractivity contribution in [1.82, 2.24) is 16.0 Å². The number of carbonyl (C=O) groups excluding carboxylic acids is 4. The van der Waals surface area contributed by atoms with E-state index in [0.717, 1.165) is 5.56 Å². The van der Waals surface area contributed by atoms with Crippen LogP contribution in [0, 0.1) is 5.92 Å². The number of hydrogen-bond donors (Lipinski definition) is 7. The van der Waals surface area contributed by atoms with E-state index in [2.05, 4.69) is 16.0 Å². The molecule has 0 aromatic heterocycles. The molecule has 0 saturated heterocycles. The number of unbranched alkanes of at least 4 members (excludes halogenated alkanes) is 1. The predicted octanol–water partition coefficient (Wildman–Crippen LogP) is -0.854. The minimum atomic E-state index is -1.18. The van der Waals surface area contributed by atoms with Crippen LogP contribution in [-0.2, 0) is 30.4 Å². The number of carboxylic acid groups (broad SMARTS) is 1. The number of carboxylic acids is 1. The lowest BCUT2D eigenvalue weighted by atomic mass is 10.00. The summed E-state index contributed by atoms with van der Waals surface area (Å²) in [6, 6.07) is 4.62. The molecule has 10 N–H and O–H groups in total. The molecule has 0 aliphatic rings. The minimum absolute atomic E-state index is 0.0125. The molecule has 0 bridgehead atoms. The van der Waals surface area contributed by atoms with Crippen molar-refractivity contribution in [2.75, 3.05) is 6.54 Å². The van der Waals surface area contributed by atoms with Crippen LogP contribution in [0.4, 0.5) is 0 Å². The van der Waals surface area contributed by atoms with Gasteiger partial charge in [0.1, 0.15) is 18.1 Å². The summed E-state index contributed by atoms with van der Waals surface area (Å²) >= 11 is 0. The Hall–Kier alpha value is -3.51. The molecule has 12 nitrogen and oxygen atoms in total. The van der Waals surface area contributed by atoms with E-state index in [1.165, 1.54) is 0 Å². The van der Waals surface area contributed by atoms with E-state index in [1.54, 1.807) is 38.1 Å². The van der Waals surface area contributed by atoms with Crippen LogP contribution in [0.25, 0.3) is 0 Å². The van der Waals surface area contributed by atoms with E-state index in [9.17, 15) is 29.1 Å². The first kappa shape index (κ1) is 31.5. The number of carbonyl (C=O) groups is 5. The number of rotatable bonds is 17. The molecule has 4 amide bonds. The second-order valence-electron chi connectivity index (χ2n) is 9.28. The lowest BCUT2D eigenvalue weighted by molar-refractivity contribution is -0.142. The van der Waals surface area contributed by atoms with Gasteiger partial charge in [-0.05, 0) is 43.7 Å². The Bertz CT molecular complexity index is 910. The molecule has 12 heteroatoms. The molecule has 4 unspecified atom stereocenters. The maximum Gasteiger partial charge on any atom is 0.326 e. The highest BCUT2D eigenvalue weighted by atomic mass is 16.4. The third-order valence-corrected chi connectivity index (χ3v) is 5.76. The van der Waals surface area contributed by atoms with Crippen LogP contribution >= 0.6 is 0 Å². The van der Waals surface area contributed by atoms with Crippen LogP contribution in [0.5, 0.6) is 0 Å². The van der Waals surface area contributed by atoms with Crippen molar-refractivity contribution in [3.8, 4) is 0 Å². The van der Waals surface area contributed by atoms with Crippen molar-refractivity contribution in [2.24, 2.45) is 23.1 Å². The Morgan fingerprint density at radius 3 is 2.03 bits per heavy atom. The second kappa shape index (κ2) is 16.3. The van der Waals surface area contributed by atoms with Crippen LogP contribution in [0.1, 0.15) is 51.5 Å². The molecule has 0 aliphatic carbocycles. The summed E-state index contributed by atoms with van der Waals surface area (Å²) in [5, 5.41) is 17.2. The SMILES string of the molecule is CC(C)C(NC(=O)C(Cc1ccccc1)NC(=O)C(N)CCC(N)=O)C(=O)NC(CCCCN)C(=O)O. The van der Waals surface area contributed by atoms with E-state index in [4.69, 9.17) is 17.2 Å². The molecule has 1 aromatic rings. The van der Waals surface area contributed by atoms with Crippen molar-refractivity contribution in [3.63, 3.8) is 0 Å². The maximum atomic E-state index is 13.3. The summed E-state index contributed by atoms with van der Waals surface area (Å²) < 4.78 is 0. The standard InChI is InChI=1S/C25H40N6O6/c1-15(2)21(24(35)29-18(25(36)37)10-6-7-13-26)31-23(34)19(14-16-8-4-3-5-9-16)30-22(33)17(27)11-12-20(28)32/h3-5,8-9,15,17-19,21H,6-7,10-14,26-27H2,1-2H3,(H2,28,32)(H,29,35)(H,30,33)(H,31,34)(H,36,37). The minimum Gasteiger partial charge on any atom is -0.480 e. The molecule has 0 heterocycles. The molecule has 4 atom stereocenters. The van der Waals surface area contributed by atoms with Gasteiger partial charge in [-0.2, -0.15) is 0 Å². The van der Waals surface area contributed by atoms with Crippen molar-refractivity contribution >= 4 is 29.6 Å². The number of hydrogen-bond acceptors (Lipinski definition) is 7. The highest BCUT2D eigenvalue weighted by Gasteiger charge is 2.32. The summed E-state index contributed by atoms with van der Waals surface area (Å²) in [6.45, 7) is 3.82. The zero-order valence-corrected chi connectivity index (χ0v) is 21.4. The monoisotopic (exact) mass is 520 g/mol. The third-order valence-electron chi connectivity index (χ3n) is 5.76. The smallest absolute Gasteiger partial charge is 0.326 e. The van der Waals surface area contributed by atoms with Gasteiger partial charge < -0.3 is 38.3 Å². The van der Waals surface area contributed by atoms with E-state index in [-0.39, 0.29) is 31.6 Å². The zero-order valence-electron chi connectivity index (χ0n) is 21.4. The Labute approximate surface area is 217 Å². The summed E-state index contributed by atoms with van der Waals surface area (Å²) in [6.07, 6.45) is 1.38. The molecule has 0 aliphatic heterocycles. The van der Waals surface area contributed by atoms with Gasteiger partial charge in [0.25, 0.3) is 0 Å². The lowest BCUT2D eigenvalue weighted by Crippen LogP contribution is -2.58. The zero-order chi connectivity index (χ0) is 28.0. The predicted molar refractivity (Wildman–Crippen MR) is 138 cm³/mol. The van der Waals surface area contributed by atoms with Gasteiger partial charge in [-0.3, -0.25) is 19.2 Å². The average molecular weight is 521 g/mol. The van der Waals surface area contributed by atoms with Crippen LogP contribution in [0.3, 0.4) is 0 Å². The summed E-state index contributed by atoms with van der Waals surface area (Å²) in [5.41, 5.74) is 17.2. The number of nitrogens with two attached hydrogens (primary N) is 3. The molecule has 1 aromatic carbocycles. The molecule has 0 spiro atoms. The Balaban J connectivity index is 3.02. The van der Waals surface area contributed by atoms with Gasteiger partial charge in [-0.1, -0.05) is 44.2 Å². The first-order chi connectivity index (χ1) is 17.5. The summed E-state index contributed by atoms with van der Waals surface area (Å²) in [7, 11) is 0. The van der Waals surface area contributed by atoms with Crippen LogP contribution in [0.2, 0.25) is 0 Å².